The lowest BCUT2D eigenvalue weighted by Gasteiger charge is -2.28. The molecule has 0 saturated carbocycles. The predicted molar refractivity (Wildman–Crippen MR) is 161 cm³/mol. The van der Waals surface area contributed by atoms with E-state index >= 15 is 0 Å². The second-order valence-corrected chi connectivity index (χ2v) is 11.0. The molecule has 8 heteroatoms. The maximum absolute atomic E-state index is 12.8. The zero-order valence-electron chi connectivity index (χ0n) is 24.2. The van der Waals surface area contributed by atoms with Crippen molar-refractivity contribution >= 4 is 11.8 Å². The molecule has 0 aliphatic heterocycles. The minimum Gasteiger partial charge on any atom is -0.508 e. The van der Waals surface area contributed by atoms with Crippen LogP contribution in [0.25, 0.3) is 0 Å². The predicted octanol–water partition coefficient (Wildman–Crippen LogP) is 4.03. The van der Waals surface area contributed by atoms with Crippen LogP contribution in [0.1, 0.15) is 82.7 Å². The van der Waals surface area contributed by atoms with Gasteiger partial charge < -0.3 is 31.3 Å². The first-order valence-electron chi connectivity index (χ1n) is 14.2. The number of carbonyl (C=O) groups excluding carboxylic acids is 2. The van der Waals surface area contributed by atoms with Gasteiger partial charge in [-0.25, -0.2) is 0 Å². The summed E-state index contributed by atoms with van der Waals surface area (Å²) in [6, 6.07) is 19.7. The zero-order valence-corrected chi connectivity index (χ0v) is 24.2. The van der Waals surface area contributed by atoms with Gasteiger partial charge >= 0.3 is 0 Å². The molecule has 0 saturated heterocycles. The van der Waals surface area contributed by atoms with Crippen LogP contribution < -0.4 is 16.0 Å². The minimum absolute atomic E-state index is 0.00160. The fraction of sp³-hybridized carbons (Fsp3) is 0.394. The molecule has 3 aromatic carbocycles. The number of unbranched alkanes of at least 4 members (excludes halogenated alkanes) is 1. The molecule has 0 spiro atoms. The molecule has 8 nitrogen and oxygen atoms in total. The summed E-state index contributed by atoms with van der Waals surface area (Å²) in [6.07, 6.45) is 2.48. The highest BCUT2D eigenvalue weighted by Gasteiger charge is 2.21. The minimum atomic E-state index is -0.809. The van der Waals surface area contributed by atoms with Gasteiger partial charge in [0.1, 0.15) is 5.75 Å². The van der Waals surface area contributed by atoms with E-state index in [1.165, 1.54) is 6.07 Å². The zero-order chi connectivity index (χ0) is 29.8. The largest absolute Gasteiger partial charge is 0.508 e. The van der Waals surface area contributed by atoms with Crippen LogP contribution in [0.5, 0.6) is 5.75 Å². The summed E-state index contributed by atoms with van der Waals surface area (Å²) in [6.45, 7) is 7.28. The van der Waals surface area contributed by atoms with Crippen molar-refractivity contribution in [1.29, 1.82) is 0 Å². The van der Waals surface area contributed by atoms with Crippen molar-refractivity contribution < 1.29 is 24.9 Å². The van der Waals surface area contributed by atoms with E-state index in [1.54, 1.807) is 18.2 Å². The monoisotopic (exact) mass is 561 g/mol. The van der Waals surface area contributed by atoms with Crippen LogP contribution in [0.3, 0.4) is 0 Å². The molecule has 0 heterocycles. The Hall–Kier alpha value is -3.72. The van der Waals surface area contributed by atoms with Gasteiger partial charge in [-0.2, -0.15) is 0 Å². The normalized spacial score (nSPS) is 12.1. The Balaban J connectivity index is 1.48. The van der Waals surface area contributed by atoms with Crippen molar-refractivity contribution in [3.63, 3.8) is 0 Å². The van der Waals surface area contributed by atoms with Gasteiger partial charge in [-0.1, -0.05) is 43.7 Å². The van der Waals surface area contributed by atoms with E-state index in [1.807, 2.05) is 56.3 Å². The van der Waals surface area contributed by atoms with Crippen LogP contribution >= 0.6 is 0 Å². The smallest absolute Gasteiger partial charge is 0.251 e. The van der Waals surface area contributed by atoms with Crippen molar-refractivity contribution in [3.8, 4) is 5.75 Å². The van der Waals surface area contributed by atoms with Crippen LogP contribution in [0.4, 0.5) is 0 Å². The Morgan fingerprint density at radius 1 is 0.878 bits per heavy atom. The van der Waals surface area contributed by atoms with E-state index in [-0.39, 0.29) is 36.3 Å². The van der Waals surface area contributed by atoms with Gasteiger partial charge in [-0.15, -0.1) is 0 Å². The van der Waals surface area contributed by atoms with Crippen LogP contribution in [-0.2, 0) is 19.4 Å². The van der Waals surface area contributed by atoms with Crippen LogP contribution in [0.15, 0.2) is 66.7 Å². The molecule has 3 rings (SSSR count). The number of hydrogen-bond acceptors (Lipinski definition) is 6. The number of nitrogens with one attached hydrogen (secondary N) is 3. The molecule has 0 bridgehead atoms. The van der Waals surface area contributed by atoms with Gasteiger partial charge in [0.15, 0.2) is 0 Å². The van der Waals surface area contributed by atoms with Crippen molar-refractivity contribution in [1.82, 2.24) is 16.0 Å². The molecule has 0 aliphatic carbocycles. The maximum Gasteiger partial charge on any atom is 0.251 e. The molecule has 0 unspecified atom stereocenters. The van der Waals surface area contributed by atoms with E-state index < -0.39 is 6.10 Å². The Bertz CT molecular complexity index is 1290. The number of amides is 2. The number of β-amino-alcohol motifs (C(OH)–C–C–N with tert-alkyl or cyclic N) is 1. The molecule has 1 atom stereocenters. The van der Waals surface area contributed by atoms with Crippen molar-refractivity contribution in [2.24, 2.45) is 0 Å². The number of rotatable bonds is 15. The number of aliphatic hydroxyl groups excluding tert-OH is 2. The standard InChI is InChI=1S/C33H43N3O5/c1-4-5-16-34-31(40)25-11-9-23(10-12-25)15-17-35-32(41)27-8-6-7-24(18-27)20-33(2,3)36-21-30(39)26-13-14-29(38)28(19-26)22-37/h6-14,18-19,30,36-39H,4-5,15-17,20-22H2,1-3H3,(H,34,40)(H,35,41)/t30-/m0/s1. The molecule has 220 valence electrons. The van der Waals surface area contributed by atoms with Gasteiger partial charge in [0.05, 0.1) is 12.7 Å². The number of benzene rings is 3. The molecule has 2 amide bonds. The van der Waals surface area contributed by atoms with Crippen molar-refractivity contribution in [2.45, 2.75) is 64.7 Å². The molecular weight excluding hydrogens is 518 g/mol. The molecule has 0 fully saturated rings. The number of phenols is 1. The van der Waals surface area contributed by atoms with Gasteiger partial charge in [0, 0.05) is 41.9 Å². The Labute approximate surface area is 242 Å². The fourth-order valence-electron chi connectivity index (χ4n) is 4.55. The summed E-state index contributed by atoms with van der Waals surface area (Å²) in [5.74, 6) is -0.216. The van der Waals surface area contributed by atoms with Gasteiger partial charge in [0.25, 0.3) is 11.8 Å². The first-order chi connectivity index (χ1) is 19.6. The third kappa shape index (κ3) is 10.0. The van der Waals surface area contributed by atoms with Gasteiger partial charge in [-0.05, 0) is 86.2 Å². The first kappa shape index (κ1) is 31.8. The van der Waals surface area contributed by atoms with E-state index in [2.05, 4.69) is 22.9 Å². The maximum atomic E-state index is 12.8. The number of hydrogen-bond donors (Lipinski definition) is 6. The van der Waals surface area contributed by atoms with Crippen LogP contribution in [0.2, 0.25) is 0 Å². The lowest BCUT2D eigenvalue weighted by molar-refractivity contribution is 0.0946. The van der Waals surface area contributed by atoms with E-state index in [9.17, 15) is 24.9 Å². The molecule has 6 N–H and O–H groups in total. The summed E-state index contributed by atoms with van der Waals surface area (Å²) in [7, 11) is 0. The molecule has 0 aliphatic rings. The van der Waals surface area contributed by atoms with Crippen LogP contribution in [-0.4, -0.2) is 52.3 Å². The fourth-order valence-corrected chi connectivity index (χ4v) is 4.55. The summed E-state index contributed by atoms with van der Waals surface area (Å²) < 4.78 is 0. The highest BCUT2D eigenvalue weighted by molar-refractivity contribution is 5.94. The Morgan fingerprint density at radius 2 is 1.59 bits per heavy atom. The first-order valence-corrected chi connectivity index (χ1v) is 14.2. The van der Waals surface area contributed by atoms with Gasteiger partial charge in [0.2, 0.25) is 0 Å². The molecular formula is C33H43N3O5. The summed E-state index contributed by atoms with van der Waals surface area (Å²) in [5, 5.41) is 39.0. The average molecular weight is 562 g/mol. The van der Waals surface area contributed by atoms with Crippen molar-refractivity contribution in [3.05, 3.63) is 100 Å². The van der Waals surface area contributed by atoms with Crippen LogP contribution in [0, 0.1) is 0 Å². The van der Waals surface area contributed by atoms with E-state index in [0.717, 1.165) is 24.0 Å². The SMILES string of the molecule is CCCCNC(=O)c1ccc(CCNC(=O)c2cccc(CC(C)(C)NC[C@H](O)c3ccc(O)c(CO)c3)c2)cc1. The highest BCUT2D eigenvalue weighted by atomic mass is 16.3. The number of carbonyl (C=O) groups is 2. The highest BCUT2D eigenvalue weighted by Crippen LogP contribution is 2.23. The summed E-state index contributed by atoms with van der Waals surface area (Å²) in [4.78, 5) is 25.0. The average Bonchev–Trinajstić information content (AvgIpc) is 2.96. The Morgan fingerprint density at radius 3 is 2.29 bits per heavy atom. The Kier molecular flexibility index (Phi) is 11.9. The number of aliphatic hydroxyl groups is 2. The quantitative estimate of drug-likeness (QED) is 0.155. The summed E-state index contributed by atoms with van der Waals surface area (Å²) in [5.41, 5.74) is 3.86. The summed E-state index contributed by atoms with van der Waals surface area (Å²) >= 11 is 0. The topological polar surface area (TPSA) is 131 Å². The lowest BCUT2D eigenvalue weighted by atomic mass is 9.93. The lowest BCUT2D eigenvalue weighted by Crippen LogP contribution is -2.43. The molecule has 3 aromatic rings. The molecule has 41 heavy (non-hydrogen) atoms. The molecule has 0 radical (unpaired) electrons. The number of aromatic hydroxyl groups is 1. The van der Waals surface area contributed by atoms with E-state index in [4.69, 9.17) is 0 Å². The second-order valence-electron chi connectivity index (χ2n) is 11.0. The second kappa shape index (κ2) is 15.3. The third-order valence-corrected chi connectivity index (χ3v) is 7.00. The van der Waals surface area contributed by atoms with Crippen molar-refractivity contribution in [2.75, 3.05) is 19.6 Å². The van der Waals surface area contributed by atoms with Gasteiger partial charge in [-0.3, -0.25) is 9.59 Å². The molecule has 0 aromatic heterocycles. The van der Waals surface area contributed by atoms with E-state index in [0.29, 0.717) is 48.2 Å². The third-order valence-electron chi connectivity index (χ3n) is 7.00.